The molecule has 0 N–H and O–H groups in total. The molecular formula is C20H19NO2. The van der Waals surface area contributed by atoms with E-state index in [1.165, 1.54) is 28.3 Å². The highest BCUT2D eigenvalue weighted by molar-refractivity contribution is 5.97. The van der Waals surface area contributed by atoms with Gasteiger partial charge < -0.3 is 9.64 Å². The molecule has 0 aromatic heterocycles. The van der Waals surface area contributed by atoms with E-state index in [4.69, 9.17) is 4.74 Å². The standard InChI is InChI=1S/C20H19NO2/c1-2-20(22)19-13-23-11-10-21(19)18-9-5-8-16-15-7-4-3-6-14(15)12-17(16)18/h2-9,19H,1,10-13H2. The van der Waals surface area contributed by atoms with Gasteiger partial charge in [0.25, 0.3) is 0 Å². The fraction of sp³-hybridized carbons (Fsp3) is 0.250. The van der Waals surface area contributed by atoms with Crippen LogP contribution in [0.3, 0.4) is 0 Å². The quantitative estimate of drug-likeness (QED) is 0.696. The van der Waals surface area contributed by atoms with Crippen LogP contribution in [0.15, 0.2) is 55.1 Å². The van der Waals surface area contributed by atoms with Crippen LogP contribution in [0.2, 0.25) is 0 Å². The van der Waals surface area contributed by atoms with Crippen LogP contribution in [-0.4, -0.2) is 31.6 Å². The maximum atomic E-state index is 12.2. The molecule has 1 saturated heterocycles. The van der Waals surface area contributed by atoms with E-state index in [1.54, 1.807) is 0 Å². The Bertz CT molecular complexity index is 781. The fourth-order valence-corrected chi connectivity index (χ4v) is 3.67. The number of carbonyl (C=O) groups excluding carboxylic acids is 1. The minimum atomic E-state index is -0.267. The van der Waals surface area contributed by atoms with E-state index < -0.39 is 0 Å². The second-order valence-corrected chi connectivity index (χ2v) is 6.03. The predicted molar refractivity (Wildman–Crippen MR) is 91.8 cm³/mol. The lowest BCUT2D eigenvalue weighted by Gasteiger charge is -2.37. The van der Waals surface area contributed by atoms with Gasteiger partial charge in [0.1, 0.15) is 6.04 Å². The molecule has 3 heteroatoms. The second kappa shape index (κ2) is 5.67. The van der Waals surface area contributed by atoms with Crippen LogP contribution in [0, 0.1) is 0 Å². The highest BCUT2D eigenvalue weighted by Gasteiger charge is 2.31. The predicted octanol–water partition coefficient (Wildman–Crippen LogP) is 3.22. The third-order valence-electron chi connectivity index (χ3n) is 4.79. The molecule has 2 aromatic carbocycles. The number of ketones is 1. The SMILES string of the molecule is C=CC(=O)C1COCCN1c1cccc2c1Cc1ccccc1-2. The molecule has 1 atom stereocenters. The minimum absolute atomic E-state index is 0.0258. The van der Waals surface area contributed by atoms with Crippen LogP contribution < -0.4 is 4.90 Å². The van der Waals surface area contributed by atoms with Crippen LogP contribution >= 0.6 is 0 Å². The highest BCUT2D eigenvalue weighted by atomic mass is 16.5. The Balaban J connectivity index is 1.79. The Morgan fingerprint density at radius 1 is 1.17 bits per heavy atom. The molecule has 4 rings (SSSR count). The van der Waals surface area contributed by atoms with Gasteiger partial charge in [-0.1, -0.05) is 43.0 Å². The molecule has 116 valence electrons. The van der Waals surface area contributed by atoms with Gasteiger partial charge in [-0.2, -0.15) is 0 Å². The van der Waals surface area contributed by atoms with Gasteiger partial charge >= 0.3 is 0 Å². The summed E-state index contributed by atoms with van der Waals surface area (Å²) < 4.78 is 5.53. The van der Waals surface area contributed by atoms with Gasteiger partial charge in [0.2, 0.25) is 0 Å². The molecule has 0 amide bonds. The molecular weight excluding hydrogens is 286 g/mol. The monoisotopic (exact) mass is 305 g/mol. The van der Waals surface area contributed by atoms with Crippen molar-refractivity contribution in [2.24, 2.45) is 0 Å². The lowest BCUT2D eigenvalue weighted by Crippen LogP contribution is -2.50. The van der Waals surface area contributed by atoms with Crippen LogP contribution in [0.1, 0.15) is 11.1 Å². The molecule has 3 nitrogen and oxygen atoms in total. The summed E-state index contributed by atoms with van der Waals surface area (Å²) in [6.45, 7) is 5.45. The number of nitrogens with zero attached hydrogens (tertiary/aromatic N) is 1. The Hall–Kier alpha value is -2.39. The van der Waals surface area contributed by atoms with Crippen LogP contribution in [0.5, 0.6) is 0 Å². The Morgan fingerprint density at radius 2 is 2.00 bits per heavy atom. The van der Waals surface area contributed by atoms with Crippen molar-refractivity contribution in [2.45, 2.75) is 12.5 Å². The van der Waals surface area contributed by atoms with E-state index in [0.717, 1.165) is 18.7 Å². The second-order valence-electron chi connectivity index (χ2n) is 6.03. The van der Waals surface area contributed by atoms with Gasteiger partial charge in [-0.05, 0) is 34.4 Å². The molecule has 1 aliphatic carbocycles. The number of hydrogen-bond acceptors (Lipinski definition) is 3. The number of morpholine rings is 1. The van der Waals surface area contributed by atoms with Crippen molar-refractivity contribution >= 4 is 11.5 Å². The van der Waals surface area contributed by atoms with E-state index in [9.17, 15) is 4.79 Å². The Labute approximate surface area is 136 Å². The van der Waals surface area contributed by atoms with Gasteiger partial charge in [-0.25, -0.2) is 0 Å². The van der Waals surface area contributed by atoms with Gasteiger partial charge in [0.15, 0.2) is 5.78 Å². The summed E-state index contributed by atoms with van der Waals surface area (Å²) in [6.07, 6.45) is 2.33. The van der Waals surface area contributed by atoms with Crippen LogP contribution in [0.4, 0.5) is 5.69 Å². The number of hydrogen-bond donors (Lipinski definition) is 0. The number of rotatable bonds is 3. The summed E-state index contributed by atoms with van der Waals surface area (Å²) in [4.78, 5) is 14.4. The van der Waals surface area contributed by atoms with Crippen molar-refractivity contribution in [3.05, 3.63) is 66.2 Å². The Morgan fingerprint density at radius 3 is 2.87 bits per heavy atom. The average Bonchev–Trinajstić information content (AvgIpc) is 3.00. The first-order valence-corrected chi connectivity index (χ1v) is 8.00. The number of fused-ring (bicyclic) bond motifs is 3. The summed E-state index contributed by atoms with van der Waals surface area (Å²) in [7, 11) is 0. The van der Waals surface area contributed by atoms with Crippen molar-refractivity contribution in [3.8, 4) is 11.1 Å². The summed E-state index contributed by atoms with van der Waals surface area (Å²) in [5, 5.41) is 0. The first kappa shape index (κ1) is 14.2. The number of carbonyl (C=O) groups is 1. The van der Waals surface area contributed by atoms with Crippen molar-refractivity contribution in [3.63, 3.8) is 0 Å². The van der Waals surface area contributed by atoms with Gasteiger partial charge in [0, 0.05) is 18.7 Å². The van der Waals surface area contributed by atoms with Crippen molar-refractivity contribution < 1.29 is 9.53 Å². The molecule has 0 spiro atoms. The van der Waals surface area contributed by atoms with Crippen LogP contribution in [-0.2, 0) is 16.0 Å². The lowest BCUT2D eigenvalue weighted by atomic mass is 10.0. The molecule has 1 unspecified atom stereocenters. The zero-order valence-electron chi connectivity index (χ0n) is 13.0. The average molecular weight is 305 g/mol. The maximum Gasteiger partial charge on any atom is 0.179 e. The number of anilines is 1. The first-order valence-electron chi connectivity index (χ1n) is 8.00. The van der Waals surface area contributed by atoms with Gasteiger partial charge in [-0.15, -0.1) is 0 Å². The van der Waals surface area contributed by atoms with Gasteiger partial charge in [0.05, 0.1) is 13.2 Å². The van der Waals surface area contributed by atoms with Crippen LogP contribution in [0.25, 0.3) is 11.1 Å². The van der Waals surface area contributed by atoms with Crippen molar-refractivity contribution in [1.29, 1.82) is 0 Å². The third-order valence-corrected chi connectivity index (χ3v) is 4.79. The molecule has 2 aromatic rings. The maximum absolute atomic E-state index is 12.2. The first-order chi connectivity index (χ1) is 11.3. The summed E-state index contributed by atoms with van der Waals surface area (Å²) >= 11 is 0. The fourth-order valence-electron chi connectivity index (χ4n) is 3.67. The molecule has 23 heavy (non-hydrogen) atoms. The van der Waals surface area contributed by atoms with E-state index in [2.05, 4.69) is 53.9 Å². The van der Waals surface area contributed by atoms with Crippen molar-refractivity contribution in [1.82, 2.24) is 0 Å². The van der Waals surface area contributed by atoms with E-state index in [1.807, 2.05) is 0 Å². The molecule has 1 fully saturated rings. The van der Waals surface area contributed by atoms with E-state index in [0.29, 0.717) is 13.2 Å². The largest absolute Gasteiger partial charge is 0.377 e. The number of benzene rings is 2. The Kier molecular flexibility index (Phi) is 3.50. The zero-order valence-corrected chi connectivity index (χ0v) is 13.0. The van der Waals surface area contributed by atoms with Gasteiger partial charge in [-0.3, -0.25) is 4.79 Å². The molecule has 0 radical (unpaired) electrons. The minimum Gasteiger partial charge on any atom is -0.377 e. The molecule has 1 heterocycles. The summed E-state index contributed by atoms with van der Waals surface area (Å²) in [6, 6.07) is 14.6. The summed E-state index contributed by atoms with van der Waals surface area (Å²) in [5.41, 5.74) is 6.42. The molecule has 1 aliphatic heterocycles. The third kappa shape index (κ3) is 2.28. The van der Waals surface area contributed by atoms with E-state index >= 15 is 0 Å². The summed E-state index contributed by atoms with van der Waals surface area (Å²) in [5.74, 6) is 0.0258. The zero-order chi connectivity index (χ0) is 15.8. The van der Waals surface area contributed by atoms with E-state index in [-0.39, 0.29) is 11.8 Å². The smallest absolute Gasteiger partial charge is 0.179 e. The topological polar surface area (TPSA) is 29.5 Å². The normalized spacial score (nSPS) is 19.1. The molecule has 0 bridgehead atoms. The van der Waals surface area contributed by atoms with Crippen molar-refractivity contribution in [2.75, 3.05) is 24.7 Å². The number of ether oxygens (including phenoxy) is 1. The molecule has 2 aliphatic rings. The lowest BCUT2D eigenvalue weighted by molar-refractivity contribution is -0.118. The highest BCUT2D eigenvalue weighted by Crippen LogP contribution is 2.41. The molecule has 0 saturated carbocycles.